The number of imidazole rings is 1. The van der Waals surface area contributed by atoms with E-state index in [4.69, 9.17) is 0 Å². The van der Waals surface area contributed by atoms with Gasteiger partial charge in [0.15, 0.2) is 5.03 Å². The Balaban J connectivity index is 1.32. The Bertz CT molecular complexity index is 1180. The van der Waals surface area contributed by atoms with E-state index in [1.807, 2.05) is 18.2 Å². The van der Waals surface area contributed by atoms with Gasteiger partial charge in [0.2, 0.25) is 0 Å². The molecule has 7 heteroatoms. The lowest BCUT2D eigenvalue weighted by Crippen LogP contribution is -2.29. The van der Waals surface area contributed by atoms with Gasteiger partial charge in [-0.2, -0.15) is 8.42 Å². The van der Waals surface area contributed by atoms with Crippen LogP contribution in [0.4, 0.5) is 5.69 Å². The summed E-state index contributed by atoms with van der Waals surface area (Å²) >= 11 is 0. The summed E-state index contributed by atoms with van der Waals surface area (Å²) in [5.41, 5.74) is 3.35. The zero-order valence-electron chi connectivity index (χ0n) is 17.9. The van der Waals surface area contributed by atoms with Crippen LogP contribution < -0.4 is 4.72 Å². The van der Waals surface area contributed by atoms with Gasteiger partial charge in [0.05, 0.1) is 6.33 Å². The quantitative estimate of drug-likeness (QED) is 0.614. The number of benzene rings is 2. The van der Waals surface area contributed by atoms with Crippen molar-refractivity contribution >= 4 is 15.7 Å². The largest absolute Gasteiger partial charge is 0.339 e. The van der Waals surface area contributed by atoms with E-state index in [9.17, 15) is 8.42 Å². The molecule has 0 spiro atoms. The molecular weight excluding hydrogens is 408 g/mol. The van der Waals surface area contributed by atoms with Gasteiger partial charge in [-0.3, -0.25) is 9.62 Å². The van der Waals surface area contributed by atoms with Gasteiger partial charge in [0, 0.05) is 44.0 Å². The molecule has 2 fully saturated rings. The van der Waals surface area contributed by atoms with Gasteiger partial charge in [0.25, 0.3) is 10.0 Å². The van der Waals surface area contributed by atoms with E-state index < -0.39 is 10.0 Å². The monoisotopic (exact) mass is 436 g/mol. The smallest absolute Gasteiger partial charge is 0.280 e. The first-order valence-corrected chi connectivity index (χ1v) is 12.3. The van der Waals surface area contributed by atoms with Gasteiger partial charge in [-0.05, 0) is 41.5 Å². The summed E-state index contributed by atoms with van der Waals surface area (Å²) < 4.78 is 29.7. The Kier molecular flexibility index (Phi) is 4.90. The van der Waals surface area contributed by atoms with Crippen LogP contribution in [0.15, 0.2) is 72.1 Å². The number of nitrogens with zero attached hydrogens (tertiary/aromatic N) is 3. The molecule has 6 nitrogen and oxygen atoms in total. The van der Waals surface area contributed by atoms with Gasteiger partial charge in [-0.15, -0.1) is 0 Å². The molecule has 5 rings (SSSR count). The van der Waals surface area contributed by atoms with Crippen molar-refractivity contribution < 1.29 is 8.42 Å². The van der Waals surface area contributed by atoms with Crippen molar-refractivity contribution in [3.05, 3.63) is 78.2 Å². The van der Waals surface area contributed by atoms with Crippen LogP contribution in [0, 0.1) is 11.8 Å². The highest BCUT2D eigenvalue weighted by atomic mass is 32.2. The van der Waals surface area contributed by atoms with Crippen molar-refractivity contribution in [2.75, 3.05) is 17.8 Å². The lowest BCUT2D eigenvalue weighted by atomic mass is 9.87. The van der Waals surface area contributed by atoms with Crippen LogP contribution in [-0.2, 0) is 29.0 Å². The molecule has 2 heterocycles. The fraction of sp³-hybridized carbons (Fsp3) is 0.375. The molecule has 1 aliphatic carbocycles. The molecule has 1 aliphatic heterocycles. The predicted octanol–water partition coefficient (Wildman–Crippen LogP) is 3.63. The molecule has 31 heavy (non-hydrogen) atoms. The highest BCUT2D eigenvalue weighted by Crippen LogP contribution is 2.65. The topological polar surface area (TPSA) is 67.2 Å². The number of piperidine rings is 1. The summed E-state index contributed by atoms with van der Waals surface area (Å²) in [4.78, 5) is 6.53. The van der Waals surface area contributed by atoms with Crippen LogP contribution in [0.2, 0.25) is 0 Å². The number of hydrogen-bond acceptors (Lipinski definition) is 4. The third-order valence-corrected chi connectivity index (χ3v) is 8.32. The third-order valence-electron chi connectivity index (χ3n) is 7.05. The molecule has 0 amide bonds. The summed E-state index contributed by atoms with van der Waals surface area (Å²) in [5.74, 6) is 1.26. The van der Waals surface area contributed by atoms with E-state index in [2.05, 4.69) is 57.9 Å². The van der Waals surface area contributed by atoms with Crippen molar-refractivity contribution in [2.45, 2.75) is 30.3 Å². The fourth-order valence-electron chi connectivity index (χ4n) is 5.55. The van der Waals surface area contributed by atoms with E-state index in [1.165, 1.54) is 23.7 Å². The van der Waals surface area contributed by atoms with Crippen LogP contribution in [0.1, 0.15) is 24.5 Å². The average Bonchev–Trinajstić information content (AvgIpc) is 3.06. The second kappa shape index (κ2) is 7.50. The lowest BCUT2D eigenvalue weighted by molar-refractivity contribution is 0.262. The Labute approximate surface area is 184 Å². The molecule has 1 aromatic heterocycles. The standard InChI is InChI=1S/C24H28N4O2S/c1-3-24(21-14-28(15-22(21)24)13-18-8-5-4-6-9-18)19-10-7-11-20(12-19)26-31(29,30)23-16-27(2)17-25-23/h4-12,16-17,21-22,26H,3,13-15H2,1-2H3. The van der Waals surface area contributed by atoms with Crippen LogP contribution >= 0.6 is 0 Å². The Hall–Kier alpha value is -2.64. The van der Waals surface area contributed by atoms with Crippen LogP contribution in [-0.4, -0.2) is 36.0 Å². The number of aromatic nitrogens is 2. The maximum Gasteiger partial charge on any atom is 0.280 e. The van der Waals surface area contributed by atoms with Crippen molar-refractivity contribution in [2.24, 2.45) is 18.9 Å². The van der Waals surface area contributed by atoms with E-state index in [0.29, 0.717) is 17.5 Å². The van der Waals surface area contributed by atoms with Crippen molar-refractivity contribution in [1.29, 1.82) is 0 Å². The molecule has 1 saturated heterocycles. The number of hydrogen-bond donors (Lipinski definition) is 1. The van der Waals surface area contributed by atoms with E-state index >= 15 is 0 Å². The molecule has 0 bridgehead atoms. The molecule has 2 atom stereocenters. The molecule has 0 radical (unpaired) electrons. The highest BCUT2D eigenvalue weighted by molar-refractivity contribution is 7.92. The van der Waals surface area contributed by atoms with Gasteiger partial charge < -0.3 is 4.57 Å². The number of aryl methyl sites for hydroxylation is 1. The molecular formula is C24H28N4O2S. The Morgan fingerprint density at radius 3 is 2.48 bits per heavy atom. The minimum atomic E-state index is -3.69. The second-order valence-corrected chi connectivity index (χ2v) is 10.5. The molecule has 2 unspecified atom stereocenters. The van der Waals surface area contributed by atoms with E-state index in [-0.39, 0.29) is 10.4 Å². The number of likely N-dealkylation sites (tertiary alicyclic amines) is 1. The van der Waals surface area contributed by atoms with Crippen LogP contribution in [0.5, 0.6) is 0 Å². The number of nitrogens with one attached hydrogen (secondary N) is 1. The van der Waals surface area contributed by atoms with E-state index in [1.54, 1.807) is 11.6 Å². The van der Waals surface area contributed by atoms with Crippen molar-refractivity contribution in [1.82, 2.24) is 14.5 Å². The normalized spacial score (nSPS) is 25.4. The second-order valence-electron chi connectivity index (χ2n) is 8.85. The highest BCUT2D eigenvalue weighted by Gasteiger charge is 2.67. The van der Waals surface area contributed by atoms with Gasteiger partial charge in [-0.1, -0.05) is 49.4 Å². The van der Waals surface area contributed by atoms with Crippen molar-refractivity contribution in [3.8, 4) is 0 Å². The lowest BCUT2D eigenvalue weighted by Gasteiger charge is -2.27. The maximum atomic E-state index is 12.7. The SMILES string of the molecule is CCC1(c2cccc(NS(=O)(=O)c3cn(C)cn3)c2)C2CN(Cc3ccccc3)CC21. The molecule has 2 aliphatic rings. The Morgan fingerprint density at radius 1 is 1.10 bits per heavy atom. The van der Waals surface area contributed by atoms with Crippen LogP contribution in [0.3, 0.4) is 0 Å². The number of rotatable bonds is 7. The van der Waals surface area contributed by atoms with Gasteiger partial charge in [0.1, 0.15) is 0 Å². The summed E-state index contributed by atoms with van der Waals surface area (Å²) in [6.07, 6.45) is 4.06. The summed E-state index contributed by atoms with van der Waals surface area (Å²) in [6.45, 7) is 5.44. The van der Waals surface area contributed by atoms with E-state index in [0.717, 1.165) is 26.1 Å². The molecule has 162 valence electrons. The maximum absolute atomic E-state index is 12.7. The van der Waals surface area contributed by atoms with Crippen molar-refractivity contribution in [3.63, 3.8) is 0 Å². The first-order valence-electron chi connectivity index (χ1n) is 10.8. The number of fused-ring (bicyclic) bond motifs is 1. The first-order chi connectivity index (χ1) is 14.9. The molecule has 1 N–H and O–H groups in total. The summed E-state index contributed by atoms with van der Waals surface area (Å²) in [5, 5.41) is 0.0328. The molecule has 2 aromatic carbocycles. The van der Waals surface area contributed by atoms with Gasteiger partial charge in [-0.25, -0.2) is 4.98 Å². The minimum absolute atomic E-state index is 0.0328. The minimum Gasteiger partial charge on any atom is -0.339 e. The predicted molar refractivity (Wildman–Crippen MR) is 121 cm³/mol. The summed E-state index contributed by atoms with van der Waals surface area (Å²) in [6, 6.07) is 18.6. The number of sulfonamides is 1. The van der Waals surface area contributed by atoms with Gasteiger partial charge >= 0.3 is 0 Å². The summed E-state index contributed by atoms with van der Waals surface area (Å²) in [7, 11) is -1.94. The fourth-order valence-corrected chi connectivity index (χ4v) is 6.58. The third kappa shape index (κ3) is 3.55. The molecule has 1 saturated carbocycles. The molecule has 3 aromatic rings. The number of anilines is 1. The van der Waals surface area contributed by atoms with Crippen LogP contribution in [0.25, 0.3) is 0 Å². The Morgan fingerprint density at radius 2 is 1.84 bits per heavy atom. The zero-order chi connectivity index (χ0) is 21.6. The first kappa shape index (κ1) is 20.3. The average molecular weight is 437 g/mol. The zero-order valence-corrected chi connectivity index (χ0v) is 18.7.